The third kappa shape index (κ3) is 3.71. The van der Waals surface area contributed by atoms with Gasteiger partial charge in [0.1, 0.15) is 6.61 Å². The minimum absolute atomic E-state index is 0.0622. The Kier molecular flexibility index (Phi) is 5.84. The molecular formula is C25H24N2O4. The number of esters is 1. The van der Waals surface area contributed by atoms with Crippen molar-refractivity contribution in [3.8, 4) is 0 Å². The minimum Gasteiger partial charge on any atom is -0.460 e. The van der Waals surface area contributed by atoms with Crippen LogP contribution in [0.4, 0.5) is 0 Å². The van der Waals surface area contributed by atoms with Gasteiger partial charge in [0.2, 0.25) is 0 Å². The van der Waals surface area contributed by atoms with Crippen LogP contribution in [0.2, 0.25) is 0 Å². The molecule has 0 spiro atoms. The van der Waals surface area contributed by atoms with E-state index in [4.69, 9.17) is 14.8 Å². The average molecular weight is 416 g/mol. The van der Waals surface area contributed by atoms with E-state index in [2.05, 4.69) is 0 Å². The molecule has 4 aromatic rings. The summed E-state index contributed by atoms with van der Waals surface area (Å²) in [5.74, 6) is -0.0480. The van der Waals surface area contributed by atoms with Crippen LogP contribution in [0.5, 0.6) is 0 Å². The van der Waals surface area contributed by atoms with Crippen LogP contribution in [0.1, 0.15) is 34.2 Å². The summed E-state index contributed by atoms with van der Waals surface area (Å²) >= 11 is 0. The van der Waals surface area contributed by atoms with Crippen LogP contribution in [0, 0.1) is 0 Å². The molecule has 0 bridgehead atoms. The Bertz CT molecular complexity index is 1150. The number of imidazole rings is 1. The summed E-state index contributed by atoms with van der Waals surface area (Å²) in [5, 5.41) is 21.0. The van der Waals surface area contributed by atoms with Crippen molar-refractivity contribution in [3.05, 3.63) is 101 Å². The summed E-state index contributed by atoms with van der Waals surface area (Å²) in [6.45, 7) is 2.28. The molecule has 0 unspecified atom stereocenters. The van der Waals surface area contributed by atoms with Crippen LogP contribution in [0.15, 0.2) is 78.9 Å². The predicted molar refractivity (Wildman–Crippen MR) is 118 cm³/mol. The predicted octanol–water partition coefficient (Wildman–Crippen LogP) is 3.49. The molecule has 0 aliphatic rings. The Morgan fingerprint density at radius 1 is 1.00 bits per heavy atom. The lowest BCUT2D eigenvalue weighted by atomic mass is 9.85. The van der Waals surface area contributed by atoms with Crippen molar-refractivity contribution in [3.63, 3.8) is 0 Å². The van der Waals surface area contributed by atoms with Crippen molar-refractivity contribution >= 4 is 17.0 Å². The number of rotatable bonds is 7. The second-order valence-corrected chi connectivity index (χ2v) is 7.19. The maximum Gasteiger partial charge on any atom is 0.338 e. The number of benzene rings is 3. The number of aliphatic hydroxyl groups excluding tert-OH is 1. The largest absolute Gasteiger partial charge is 0.460 e. The summed E-state index contributed by atoms with van der Waals surface area (Å²) in [6.07, 6.45) is 0. The highest BCUT2D eigenvalue weighted by Gasteiger charge is 2.38. The molecule has 0 atom stereocenters. The summed E-state index contributed by atoms with van der Waals surface area (Å²) < 4.78 is 6.98. The molecule has 0 aliphatic heterocycles. The van der Waals surface area contributed by atoms with Crippen molar-refractivity contribution in [1.82, 2.24) is 9.55 Å². The van der Waals surface area contributed by atoms with E-state index in [1.54, 1.807) is 18.2 Å². The Morgan fingerprint density at radius 3 is 2.16 bits per heavy atom. The maximum atomic E-state index is 12.2. The summed E-state index contributed by atoms with van der Waals surface area (Å²) in [6, 6.07) is 24.0. The molecule has 3 aromatic carbocycles. The smallest absolute Gasteiger partial charge is 0.338 e. The Balaban J connectivity index is 1.92. The monoisotopic (exact) mass is 416 g/mol. The van der Waals surface area contributed by atoms with Crippen LogP contribution >= 0.6 is 0 Å². The topological polar surface area (TPSA) is 84.6 Å². The number of carbonyl (C=O) groups is 1. The zero-order valence-electron chi connectivity index (χ0n) is 17.2. The second-order valence-electron chi connectivity index (χ2n) is 7.19. The number of fused-ring (bicyclic) bond motifs is 1. The number of hydrogen-bond donors (Lipinski definition) is 2. The molecule has 158 valence electrons. The van der Waals surface area contributed by atoms with E-state index in [0.717, 1.165) is 5.52 Å². The number of hydrogen-bond acceptors (Lipinski definition) is 5. The first-order valence-electron chi connectivity index (χ1n) is 10.2. The third-order valence-electron chi connectivity index (χ3n) is 5.33. The van der Waals surface area contributed by atoms with Gasteiger partial charge >= 0.3 is 5.97 Å². The van der Waals surface area contributed by atoms with Crippen molar-refractivity contribution in [1.29, 1.82) is 0 Å². The highest BCUT2D eigenvalue weighted by atomic mass is 16.5. The van der Waals surface area contributed by atoms with Crippen LogP contribution in [-0.4, -0.2) is 38.9 Å². The van der Waals surface area contributed by atoms with Gasteiger partial charge in [0.25, 0.3) is 0 Å². The number of aliphatic hydroxyl groups is 2. The van der Waals surface area contributed by atoms with Crippen LogP contribution in [-0.2, 0) is 16.9 Å². The van der Waals surface area contributed by atoms with Crippen LogP contribution in [0.25, 0.3) is 11.0 Å². The molecule has 0 fully saturated rings. The Labute approximate surface area is 180 Å². The lowest BCUT2D eigenvalue weighted by molar-refractivity contribution is 0.0434. The number of aromatic nitrogens is 2. The number of aryl methyl sites for hydroxylation is 1. The van der Waals surface area contributed by atoms with E-state index in [0.29, 0.717) is 34.6 Å². The fourth-order valence-corrected chi connectivity index (χ4v) is 3.86. The van der Waals surface area contributed by atoms with E-state index in [9.17, 15) is 9.90 Å². The molecule has 6 heteroatoms. The summed E-state index contributed by atoms with van der Waals surface area (Å²) in [7, 11) is 0. The van der Waals surface area contributed by atoms with Gasteiger partial charge in [0.15, 0.2) is 11.4 Å². The molecule has 6 nitrogen and oxygen atoms in total. The SMILES string of the molecule is CCn1c(C(O)(c2ccccc2)c2ccccc2)nc2cc(C(=O)OCCO)ccc21. The molecule has 0 saturated carbocycles. The maximum absolute atomic E-state index is 12.2. The number of carbonyl (C=O) groups excluding carboxylic acids is 1. The molecule has 1 aromatic heterocycles. The first kappa shape index (κ1) is 20.8. The molecule has 1 heterocycles. The lowest BCUT2D eigenvalue weighted by Crippen LogP contribution is -2.32. The Hall–Kier alpha value is -3.48. The highest BCUT2D eigenvalue weighted by molar-refractivity contribution is 5.93. The minimum atomic E-state index is -1.48. The molecule has 0 amide bonds. The van der Waals surface area contributed by atoms with Gasteiger partial charge < -0.3 is 19.5 Å². The summed E-state index contributed by atoms with van der Waals surface area (Å²) in [4.78, 5) is 17.0. The van der Waals surface area contributed by atoms with Crippen LogP contribution < -0.4 is 0 Å². The molecule has 2 N–H and O–H groups in total. The molecule has 31 heavy (non-hydrogen) atoms. The van der Waals surface area contributed by atoms with Gasteiger partial charge in [-0.25, -0.2) is 9.78 Å². The van der Waals surface area contributed by atoms with E-state index in [-0.39, 0.29) is 13.2 Å². The van der Waals surface area contributed by atoms with Gasteiger partial charge in [-0.15, -0.1) is 0 Å². The van der Waals surface area contributed by atoms with Crippen molar-refractivity contribution in [2.75, 3.05) is 13.2 Å². The van der Waals surface area contributed by atoms with Crippen molar-refractivity contribution in [2.24, 2.45) is 0 Å². The quantitative estimate of drug-likeness (QED) is 0.451. The third-order valence-corrected chi connectivity index (χ3v) is 5.33. The van der Waals surface area contributed by atoms with Crippen molar-refractivity contribution < 1.29 is 19.7 Å². The zero-order chi connectivity index (χ0) is 21.8. The summed E-state index contributed by atoms with van der Waals surface area (Å²) in [5.41, 5.74) is 1.66. The fraction of sp³-hybridized carbons (Fsp3) is 0.200. The van der Waals surface area contributed by atoms with Gasteiger partial charge in [0.05, 0.1) is 23.2 Å². The van der Waals surface area contributed by atoms with Gasteiger partial charge in [-0.05, 0) is 36.2 Å². The standard InChI is InChI=1S/C25H24N2O4/c1-2-27-22-14-13-18(23(29)31-16-15-28)17-21(22)26-24(27)25(30,19-9-5-3-6-10-19)20-11-7-4-8-12-20/h3-14,17,28,30H,2,15-16H2,1H3. The molecule has 0 aliphatic carbocycles. The second kappa shape index (κ2) is 8.71. The van der Waals surface area contributed by atoms with E-state index >= 15 is 0 Å². The zero-order valence-corrected chi connectivity index (χ0v) is 17.2. The lowest BCUT2D eigenvalue weighted by Gasteiger charge is -2.29. The normalized spacial score (nSPS) is 11.6. The number of ether oxygens (including phenoxy) is 1. The highest BCUT2D eigenvalue weighted by Crippen LogP contribution is 2.37. The van der Waals surface area contributed by atoms with Gasteiger partial charge in [-0.3, -0.25) is 0 Å². The first-order valence-corrected chi connectivity index (χ1v) is 10.2. The van der Waals surface area contributed by atoms with Crippen LogP contribution in [0.3, 0.4) is 0 Å². The first-order chi connectivity index (χ1) is 15.1. The van der Waals surface area contributed by atoms with E-state index in [1.807, 2.05) is 72.2 Å². The average Bonchev–Trinajstić information content (AvgIpc) is 3.21. The number of nitrogens with zero attached hydrogens (tertiary/aromatic N) is 2. The van der Waals surface area contributed by atoms with Crippen molar-refractivity contribution in [2.45, 2.75) is 19.1 Å². The van der Waals surface area contributed by atoms with Gasteiger partial charge in [-0.2, -0.15) is 0 Å². The van der Waals surface area contributed by atoms with E-state index in [1.165, 1.54) is 0 Å². The molecule has 0 radical (unpaired) electrons. The molecular weight excluding hydrogens is 392 g/mol. The van der Waals surface area contributed by atoms with E-state index < -0.39 is 11.6 Å². The van der Waals surface area contributed by atoms with Gasteiger partial charge in [0, 0.05) is 6.54 Å². The van der Waals surface area contributed by atoms with Gasteiger partial charge in [-0.1, -0.05) is 60.7 Å². The molecule has 4 rings (SSSR count). The molecule has 0 saturated heterocycles. The fourth-order valence-electron chi connectivity index (χ4n) is 3.86. The Morgan fingerprint density at radius 2 is 1.61 bits per heavy atom.